The first-order valence-electron chi connectivity index (χ1n) is 9.11. The summed E-state index contributed by atoms with van der Waals surface area (Å²) in [5.74, 6) is 0.720. The molecule has 0 radical (unpaired) electrons. The molecule has 0 aliphatic heterocycles. The summed E-state index contributed by atoms with van der Waals surface area (Å²) >= 11 is 0. The Kier molecular flexibility index (Phi) is 7.83. The molecule has 1 fully saturated rings. The summed E-state index contributed by atoms with van der Waals surface area (Å²) in [7, 11) is 0. The second kappa shape index (κ2) is 9.89. The molecule has 2 N–H and O–H groups in total. The molecule has 1 aliphatic carbocycles. The van der Waals surface area contributed by atoms with Gasteiger partial charge in [0.2, 0.25) is 0 Å². The van der Waals surface area contributed by atoms with E-state index in [9.17, 15) is 4.39 Å². The Morgan fingerprint density at radius 1 is 1.26 bits per heavy atom. The highest BCUT2D eigenvalue weighted by atomic mass is 19.1. The van der Waals surface area contributed by atoms with Gasteiger partial charge in [-0.05, 0) is 49.8 Å². The van der Waals surface area contributed by atoms with Crippen molar-refractivity contribution in [3.8, 4) is 5.75 Å². The lowest BCUT2D eigenvalue weighted by Crippen LogP contribution is -2.34. The largest absolute Gasteiger partial charge is 0.490 e. The first-order valence-corrected chi connectivity index (χ1v) is 9.11. The predicted octanol–water partition coefficient (Wildman–Crippen LogP) is 4.74. The van der Waals surface area contributed by atoms with Gasteiger partial charge in [-0.25, -0.2) is 4.39 Å². The average molecular weight is 322 g/mol. The molecule has 1 aromatic carbocycles. The summed E-state index contributed by atoms with van der Waals surface area (Å²) in [6.45, 7) is 5.88. The van der Waals surface area contributed by atoms with E-state index in [1.54, 1.807) is 0 Å². The quantitative estimate of drug-likeness (QED) is 0.456. The fourth-order valence-electron chi connectivity index (χ4n) is 2.72. The van der Waals surface area contributed by atoms with Gasteiger partial charge < -0.3 is 4.74 Å². The van der Waals surface area contributed by atoms with Crippen molar-refractivity contribution >= 4 is 0 Å². The maximum Gasteiger partial charge on any atom is 0.165 e. The van der Waals surface area contributed by atoms with Crippen LogP contribution in [0.15, 0.2) is 18.2 Å². The Hall–Kier alpha value is -1.13. The molecule has 4 heteroatoms. The first-order chi connectivity index (χ1) is 11.2. The third-order valence-corrected chi connectivity index (χ3v) is 4.63. The zero-order valence-electron chi connectivity index (χ0n) is 14.5. The van der Waals surface area contributed by atoms with Crippen molar-refractivity contribution < 1.29 is 9.13 Å². The summed E-state index contributed by atoms with van der Waals surface area (Å²) in [4.78, 5) is 0. The van der Waals surface area contributed by atoms with Crippen molar-refractivity contribution in [2.24, 2.45) is 5.92 Å². The van der Waals surface area contributed by atoms with E-state index in [2.05, 4.69) is 24.7 Å². The smallest absolute Gasteiger partial charge is 0.165 e. The fourth-order valence-corrected chi connectivity index (χ4v) is 2.72. The molecule has 0 heterocycles. The molecule has 1 atom stereocenters. The summed E-state index contributed by atoms with van der Waals surface area (Å²) in [6, 6.07) is 5.27. The second-order valence-corrected chi connectivity index (χ2v) is 6.65. The van der Waals surface area contributed by atoms with E-state index in [0.717, 1.165) is 12.1 Å². The molecule has 0 amide bonds. The highest BCUT2D eigenvalue weighted by molar-refractivity contribution is 5.32. The Balaban J connectivity index is 1.76. The summed E-state index contributed by atoms with van der Waals surface area (Å²) in [5.41, 5.74) is 7.58. The number of benzene rings is 1. The molecule has 1 aliphatic rings. The summed E-state index contributed by atoms with van der Waals surface area (Å²) < 4.78 is 19.5. The van der Waals surface area contributed by atoms with Crippen molar-refractivity contribution in [2.75, 3.05) is 13.2 Å². The SMILES string of the molecule is CCCCCCNNC(C)c1ccc(F)c(OCC2CCC2)c1. The molecule has 1 unspecified atom stereocenters. The molecule has 0 bridgehead atoms. The van der Waals surface area contributed by atoms with Crippen LogP contribution in [0.2, 0.25) is 0 Å². The number of hydrogen-bond acceptors (Lipinski definition) is 3. The van der Waals surface area contributed by atoms with Crippen LogP contribution >= 0.6 is 0 Å². The highest BCUT2D eigenvalue weighted by Gasteiger charge is 2.19. The Morgan fingerprint density at radius 2 is 2.09 bits per heavy atom. The van der Waals surface area contributed by atoms with Crippen LogP contribution in [0.4, 0.5) is 4.39 Å². The minimum absolute atomic E-state index is 0.118. The standard InChI is InChI=1S/C19H31FN2O/c1-3-4-5-6-12-21-22-15(2)17-10-11-18(20)19(13-17)23-14-16-8-7-9-16/h10-11,13,15-16,21-22H,3-9,12,14H2,1-2H3. The van der Waals surface area contributed by atoms with E-state index >= 15 is 0 Å². The van der Waals surface area contributed by atoms with E-state index in [4.69, 9.17) is 4.74 Å². The van der Waals surface area contributed by atoms with Crippen molar-refractivity contribution in [1.82, 2.24) is 10.9 Å². The first kappa shape index (κ1) is 18.2. The molecule has 1 saturated carbocycles. The summed E-state index contributed by atoms with van der Waals surface area (Å²) in [5, 5.41) is 0. The molecule has 130 valence electrons. The van der Waals surface area contributed by atoms with Gasteiger partial charge in [-0.1, -0.05) is 38.7 Å². The zero-order valence-corrected chi connectivity index (χ0v) is 14.5. The van der Waals surface area contributed by atoms with Gasteiger partial charge >= 0.3 is 0 Å². The van der Waals surface area contributed by atoms with Crippen LogP contribution in [0.5, 0.6) is 5.75 Å². The lowest BCUT2D eigenvalue weighted by atomic mass is 9.86. The molecule has 3 nitrogen and oxygen atoms in total. The van der Waals surface area contributed by atoms with Gasteiger partial charge in [0.1, 0.15) is 0 Å². The number of rotatable bonds is 11. The van der Waals surface area contributed by atoms with Crippen LogP contribution in [0, 0.1) is 11.7 Å². The lowest BCUT2D eigenvalue weighted by molar-refractivity contribution is 0.175. The minimum Gasteiger partial charge on any atom is -0.490 e. The zero-order chi connectivity index (χ0) is 16.5. The van der Waals surface area contributed by atoms with Crippen LogP contribution in [0.3, 0.4) is 0 Å². The number of hydrazine groups is 1. The van der Waals surface area contributed by atoms with Gasteiger partial charge in [0.25, 0.3) is 0 Å². The Bertz CT molecular complexity index is 463. The van der Waals surface area contributed by atoms with Crippen molar-refractivity contribution in [1.29, 1.82) is 0 Å². The second-order valence-electron chi connectivity index (χ2n) is 6.65. The monoisotopic (exact) mass is 322 g/mol. The fraction of sp³-hybridized carbons (Fsp3) is 0.684. The van der Waals surface area contributed by atoms with Crippen molar-refractivity contribution in [3.05, 3.63) is 29.6 Å². The molecule has 0 spiro atoms. The van der Waals surface area contributed by atoms with Gasteiger partial charge in [0, 0.05) is 12.6 Å². The molecule has 0 saturated heterocycles. The molecule has 0 aromatic heterocycles. The van der Waals surface area contributed by atoms with Crippen LogP contribution in [0.1, 0.15) is 70.4 Å². The van der Waals surface area contributed by atoms with E-state index in [-0.39, 0.29) is 11.9 Å². The molecular weight excluding hydrogens is 291 g/mol. The van der Waals surface area contributed by atoms with Crippen LogP contribution in [-0.4, -0.2) is 13.2 Å². The third-order valence-electron chi connectivity index (χ3n) is 4.63. The van der Waals surface area contributed by atoms with Gasteiger partial charge in [-0.2, -0.15) is 0 Å². The normalized spacial score (nSPS) is 16.1. The molecule has 1 aromatic rings. The van der Waals surface area contributed by atoms with Gasteiger partial charge in [0.15, 0.2) is 11.6 Å². The number of nitrogens with one attached hydrogen (secondary N) is 2. The molecule has 2 rings (SSSR count). The van der Waals surface area contributed by atoms with E-state index in [1.807, 2.05) is 12.1 Å². The number of unbranched alkanes of at least 4 members (excludes halogenated alkanes) is 3. The predicted molar refractivity (Wildman–Crippen MR) is 92.9 cm³/mol. The third kappa shape index (κ3) is 6.11. The van der Waals surface area contributed by atoms with Gasteiger partial charge in [-0.3, -0.25) is 10.9 Å². The summed E-state index contributed by atoms with van der Waals surface area (Å²) in [6.07, 6.45) is 8.67. The van der Waals surface area contributed by atoms with E-state index < -0.39 is 0 Å². The minimum atomic E-state index is -0.271. The maximum atomic E-state index is 13.9. The van der Waals surface area contributed by atoms with Crippen LogP contribution in [-0.2, 0) is 0 Å². The number of hydrogen-bond donors (Lipinski definition) is 2. The maximum absolute atomic E-state index is 13.9. The molecule has 23 heavy (non-hydrogen) atoms. The van der Waals surface area contributed by atoms with E-state index in [1.165, 1.54) is 51.0 Å². The number of ether oxygens (including phenoxy) is 1. The van der Waals surface area contributed by atoms with Gasteiger partial charge in [0.05, 0.1) is 6.61 Å². The molecular formula is C19H31FN2O. The Labute approximate surface area is 140 Å². The highest BCUT2D eigenvalue weighted by Crippen LogP contribution is 2.29. The van der Waals surface area contributed by atoms with Crippen molar-refractivity contribution in [3.63, 3.8) is 0 Å². The van der Waals surface area contributed by atoms with Crippen LogP contribution < -0.4 is 15.6 Å². The van der Waals surface area contributed by atoms with Gasteiger partial charge in [-0.15, -0.1) is 0 Å². The lowest BCUT2D eigenvalue weighted by Gasteiger charge is -2.25. The average Bonchev–Trinajstić information content (AvgIpc) is 2.50. The van der Waals surface area contributed by atoms with E-state index in [0.29, 0.717) is 18.3 Å². The van der Waals surface area contributed by atoms with Crippen LogP contribution in [0.25, 0.3) is 0 Å². The van der Waals surface area contributed by atoms with Crippen molar-refractivity contribution in [2.45, 2.75) is 64.8 Å². The number of halogens is 1. The Morgan fingerprint density at radius 3 is 2.78 bits per heavy atom. The topological polar surface area (TPSA) is 33.3 Å².